The number of aromatic nitrogens is 6. The summed E-state index contributed by atoms with van der Waals surface area (Å²) in [6.45, 7) is 3.15. The van der Waals surface area contributed by atoms with E-state index in [2.05, 4.69) is 25.7 Å². The molecule has 3 aromatic rings. The number of alkyl halides is 5. The average Bonchev–Trinajstić information content (AvgIpc) is 3.22. The molecule has 16 heteroatoms. The molecule has 1 aliphatic rings. The molecular weight excluding hydrogens is 529 g/mol. The fourth-order valence-corrected chi connectivity index (χ4v) is 3.98. The summed E-state index contributed by atoms with van der Waals surface area (Å²) in [5.41, 5.74) is 1.04. The summed E-state index contributed by atoms with van der Waals surface area (Å²) < 4.78 is 76.2. The maximum absolute atomic E-state index is 13.2. The SMILES string of the molecule is CC1CN(c2nc(Nc3ccncn3)c3c(n2)c(COCCC(F)(F)F)nn3CCOCC(C)(F)F)CCN1. The van der Waals surface area contributed by atoms with Gasteiger partial charge in [-0.25, -0.2) is 23.7 Å². The maximum Gasteiger partial charge on any atom is 0.391 e. The van der Waals surface area contributed by atoms with Crippen molar-refractivity contribution in [2.75, 3.05) is 49.7 Å². The van der Waals surface area contributed by atoms with E-state index >= 15 is 0 Å². The van der Waals surface area contributed by atoms with Gasteiger partial charge in [-0.3, -0.25) is 4.68 Å². The van der Waals surface area contributed by atoms with Gasteiger partial charge in [0.25, 0.3) is 5.92 Å². The van der Waals surface area contributed by atoms with Crippen LogP contribution in [0.4, 0.5) is 39.5 Å². The first-order valence-corrected chi connectivity index (χ1v) is 12.4. The van der Waals surface area contributed by atoms with E-state index in [0.717, 1.165) is 6.92 Å². The van der Waals surface area contributed by atoms with Gasteiger partial charge in [-0.2, -0.15) is 23.3 Å². The number of nitrogens with one attached hydrogen (secondary N) is 2. The number of piperazine rings is 1. The topological polar surface area (TPSA) is 115 Å². The molecule has 11 nitrogen and oxygen atoms in total. The molecule has 0 saturated carbocycles. The largest absolute Gasteiger partial charge is 0.391 e. The smallest absolute Gasteiger partial charge is 0.375 e. The third-order valence-electron chi connectivity index (χ3n) is 5.70. The molecule has 1 unspecified atom stereocenters. The number of hydrogen-bond acceptors (Lipinski definition) is 10. The number of halogens is 5. The van der Waals surface area contributed by atoms with Gasteiger partial charge in [0.1, 0.15) is 35.5 Å². The summed E-state index contributed by atoms with van der Waals surface area (Å²) in [4.78, 5) is 19.5. The van der Waals surface area contributed by atoms with Gasteiger partial charge < -0.3 is 25.0 Å². The fraction of sp³-hybridized carbons (Fsp3) is 0.609. The Morgan fingerprint density at radius 2 is 1.97 bits per heavy atom. The summed E-state index contributed by atoms with van der Waals surface area (Å²) >= 11 is 0. The first-order chi connectivity index (χ1) is 18.5. The van der Waals surface area contributed by atoms with Crippen LogP contribution < -0.4 is 15.5 Å². The highest BCUT2D eigenvalue weighted by Gasteiger charge is 2.28. The molecule has 0 aliphatic carbocycles. The van der Waals surface area contributed by atoms with E-state index in [1.807, 2.05) is 11.8 Å². The van der Waals surface area contributed by atoms with Crippen LogP contribution >= 0.6 is 0 Å². The minimum Gasteiger partial charge on any atom is -0.375 e. The van der Waals surface area contributed by atoms with Crippen LogP contribution in [0.5, 0.6) is 0 Å². The van der Waals surface area contributed by atoms with Crippen molar-refractivity contribution in [3.05, 3.63) is 24.3 Å². The minimum absolute atomic E-state index is 0.0565. The molecule has 0 aromatic carbocycles. The zero-order valence-electron chi connectivity index (χ0n) is 21.5. The highest BCUT2D eigenvalue weighted by molar-refractivity contribution is 5.90. The van der Waals surface area contributed by atoms with Crippen LogP contribution in [0.15, 0.2) is 18.6 Å². The summed E-state index contributed by atoms with van der Waals surface area (Å²) in [5.74, 6) is -1.84. The second-order valence-electron chi connectivity index (χ2n) is 9.30. The number of rotatable bonds is 12. The maximum atomic E-state index is 13.2. The van der Waals surface area contributed by atoms with E-state index in [9.17, 15) is 22.0 Å². The van der Waals surface area contributed by atoms with Gasteiger partial charge in [0, 0.05) is 38.8 Å². The summed E-state index contributed by atoms with van der Waals surface area (Å²) in [5, 5.41) is 11.0. The fourth-order valence-electron chi connectivity index (χ4n) is 3.98. The standard InChI is InChI=1S/C23H30F5N9O2/c1-15-11-36(7-6-30-15)21-33-18-16(12-38-9-4-23(26,27)28)35-37(8-10-39-13-22(2,24)25)19(18)20(34-21)32-17-3-5-29-14-31-17/h3,5,14-15,30H,4,6-13H2,1-2H3,(H,29,31,32,33,34). The summed E-state index contributed by atoms with van der Waals surface area (Å²) in [7, 11) is 0. The molecule has 0 radical (unpaired) electrons. The van der Waals surface area contributed by atoms with Crippen LogP contribution in [-0.4, -0.2) is 87.3 Å². The van der Waals surface area contributed by atoms with Crippen LogP contribution in [0.25, 0.3) is 11.0 Å². The Kier molecular flexibility index (Phi) is 9.07. The van der Waals surface area contributed by atoms with Crippen LogP contribution in [0.3, 0.4) is 0 Å². The number of ether oxygens (including phenoxy) is 2. The third kappa shape index (κ3) is 8.37. The van der Waals surface area contributed by atoms with Crippen molar-refractivity contribution in [1.29, 1.82) is 0 Å². The zero-order chi connectivity index (χ0) is 28.0. The van der Waals surface area contributed by atoms with Gasteiger partial charge in [-0.1, -0.05) is 0 Å². The normalized spacial score (nSPS) is 16.7. The van der Waals surface area contributed by atoms with Crippen molar-refractivity contribution in [3.8, 4) is 0 Å². The van der Waals surface area contributed by atoms with Crippen molar-refractivity contribution < 1.29 is 31.4 Å². The van der Waals surface area contributed by atoms with Crippen molar-refractivity contribution in [1.82, 2.24) is 35.0 Å². The Hall–Kier alpha value is -3.24. The molecule has 4 heterocycles. The van der Waals surface area contributed by atoms with E-state index < -0.39 is 31.7 Å². The molecular formula is C23H30F5N9O2. The predicted molar refractivity (Wildman–Crippen MR) is 132 cm³/mol. The first-order valence-electron chi connectivity index (χ1n) is 12.4. The Bertz CT molecular complexity index is 1220. The number of hydrogen-bond donors (Lipinski definition) is 2. The first kappa shape index (κ1) is 28.8. The molecule has 1 fully saturated rings. The van der Waals surface area contributed by atoms with Gasteiger partial charge in [0.05, 0.1) is 32.8 Å². The number of fused-ring (bicyclic) bond motifs is 1. The Morgan fingerprint density at radius 1 is 1.15 bits per heavy atom. The van der Waals surface area contributed by atoms with E-state index in [4.69, 9.17) is 19.4 Å². The molecule has 0 spiro atoms. The summed E-state index contributed by atoms with van der Waals surface area (Å²) in [6, 6.07) is 1.81. The van der Waals surface area contributed by atoms with E-state index in [1.165, 1.54) is 11.0 Å². The van der Waals surface area contributed by atoms with Crippen molar-refractivity contribution in [3.63, 3.8) is 0 Å². The lowest BCUT2D eigenvalue weighted by Crippen LogP contribution is -2.49. The molecule has 214 valence electrons. The van der Waals surface area contributed by atoms with E-state index in [1.54, 1.807) is 12.3 Å². The Labute approximate surface area is 221 Å². The average molecular weight is 560 g/mol. The van der Waals surface area contributed by atoms with Crippen molar-refractivity contribution in [2.24, 2.45) is 0 Å². The lowest BCUT2D eigenvalue weighted by atomic mass is 10.2. The Balaban J connectivity index is 1.71. The molecule has 4 rings (SSSR count). The van der Waals surface area contributed by atoms with Gasteiger partial charge in [-0.05, 0) is 13.0 Å². The van der Waals surface area contributed by atoms with Gasteiger partial charge >= 0.3 is 6.18 Å². The molecule has 1 atom stereocenters. The lowest BCUT2D eigenvalue weighted by molar-refractivity contribution is -0.146. The van der Waals surface area contributed by atoms with Crippen LogP contribution in [0.2, 0.25) is 0 Å². The molecule has 1 saturated heterocycles. The molecule has 3 aromatic heterocycles. The van der Waals surface area contributed by atoms with Gasteiger partial charge in [0.2, 0.25) is 5.95 Å². The molecule has 39 heavy (non-hydrogen) atoms. The molecule has 1 aliphatic heterocycles. The summed E-state index contributed by atoms with van der Waals surface area (Å²) in [6.07, 6.45) is -2.56. The van der Waals surface area contributed by atoms with E-state index in [-0.39, 0.29) is 31.5 Å². The third-order valence-corrected chi connectivity index (χ3v) is 5.70. The molecule has 2 N–H and O–H groups in total. The zero-order valence-corrected chi connectivity index (χ0v) is 21.5. The second kappa shape index (κ2) is 12.3. The quantitative estimate of drug-likeness (QED) is 0.253. The van der Waals surface area contributed by atoms with Gasteiger partial charge in [0.15, 0.2) is 5.82 Å². The lowest BCUT2D eigenvalue weighted by Gasteiger charge is -2.32. The molecule has 0 amide bonds. The highest BCUT2D eigenvalue weighted by Crippen LogP contribution is 2.29. The number of nitrogens with zero attached hydrogens (tertiary/aromatic N) is 7. The van der Waals surface area contributed by atoms with Crippen LogP contribution in [0.1, 0.15) is 26.0 Å². The van der Waals surface area contributed by atoms with Crippen molar-refractivity contribution in [2.45, 2.75) is 51.6 Å². The second-order valence-corrected chi connectivity index (χ2v) is 9.30. The molecule has 0 bridgehead atoms. The predicted octanol–water partition coefficient (Wildman–Crippen LogP) is 3.30. The van der Waals surface area contributed by atoms with Crippen molar-refractivity contribution >= 4 is 28.6 Å². The van der Waals surface area contributed by atoms with E-state index in [0.29, 0.717) is 48.3 Å². The monoisotopic (exact) mass is 559 g/mol. The van der Waals surface area contributed by atoms with Crippen LogP contribution in [-0.2, 0) is 22.6 Å². The number of anilines is 3. The highest BCUT2D eigenvalue weighted by atomic mass is 19.4. The van der Waals surface area contributed by atoms with Gasteiger partial charge in [-0.15, -0.1) is 0 Å². The van der Waals surface area contributed by atoms with Crippen LogP contribution in [0, 0.1) is 0 Å². The Morgan fingerprint density at radius 3 is 2.67 bits per heavy atom. The minimum atomic E-state index is -4.36.